The highest BCUT2D eigenvalue weighted by molar-refractivity contribution is 6.22. The molecule has 29 heavy (non-hydrogen) atoms. The normalized spacial score (nSPS) is 22.9. The first kappa shape index (κ1) is 18.9. The molecule has 1 saturated heterocycles. The molecule has 150 valence electrons. The number of aromatic nitrogens is 2. The molecule has 9 nitrogen and oxygen atoms in total. The number of benzene rings is 1. The molecule has 9 heteroatoms. The van der Waals surface area contributed by atoms with Crippen LogP contribution >= 0.6 is 0 Å². The Kier molecular flexibility index (Phi) is 4.45. The SMILES string of the molecule is COC(=O)c1nn2c(c1C(=O)OC)C[C@@H]1C(=O)N(c3ccccc3)C(=O)[C@@H]1[C@@H]2C. The van der Waals surface area contributed by atoms with E-state index in [2.05, 4.69) is 5.10 Å². The zero-order chi connectivity index (χ0) is 20.9. The van der Waals surface area contributed by atoms with Gasteiger partial charge in [0.25, 0.3) is 0 Å². The number of carbonyl (C=O) groups is 4. The zero-order valence-electron chi connectivity index (χ0n) is 16.1. The topological polar surface area (TPSA) is 108 Å². The molecule has 0 radical (unpaired) electrons. The molecule has 4 rings (SSSR count). The summed E-state index contributed by atoms with van der Waals surface area (Å²) in [6.07, 6.45) is 0.0946. The van der Waals surface area contributed by atoms with Crippen LogP contribution in [-0.2, 0) is 25.5 Å². The predicted molar refractivity (Wildman–Crippen MR) is 99.2 cm³/mol. The number of hydrogen-bond acceptors (Lipinski definition) is 7. The van der Waals surface area contributed by atoms with Gasteiger partial charge in [0, 0.05) is 6.42 Å². The van der Waals surface area contributed by atoms with Crippen molar-refractivity contribution in [2.24, 2.45) is 11.8 Å². The lowest BCUT2D eigenvalue weighted by Crippen LogP contribution is -2.35. The van der Waals surface area contributed by atoms with Crippen molar-refractivity contribution in [1.82, 2.24) is 9.78 Å². The standard InChI is InChI=1S/C20H19N3O6/c1-10-14-12(17(24)22(18(14)25)11-7-5-4-6-8-11)9-13-15(19(26)28-2)16(20(27)29-3)21-23(10)13/h4-8,10,12,14H,9H2,1-3H3/t10-,12-,14+/m0/s1. The molecule has 2 aliphatic heterocycles. The maximum Gasteiger partial charge on any atom is 0.359 e. The number of ether oxygens (including phenoxy) is 2. The molecule has 3 heterocycles. The van der Waals surface area contributed by atoms with Crippen LogP contribution in [0, 0.1) is 11.8 Å². The summed E-state index contributed by atoms with van der Waals surface area (Å²) in [5.41, 5.74) is 0.691. The number of amides is 2. The van der Waals surface area contributed by atoms with E-state index in [1.54, 1.807) is 37.3 Å². The van der Waals surface area contributed by atoms with Gasteiger partial charge in [0.2, 0.25) is 11.8 Å². The van der Waals surface area contributed by atoms with Crippen LogP contribution < -0.4 is 4.90 Å². The molecule has 2 aromatic rings. The Morgan fingerprint density at radius 2 is 1.69 bits per heavy atom. The number of anilines is 1. The molecule has 3 atom stereocenters. The van der Waals surface area contributed by atoms with Gasteiger partial charge in [-0.15, -0.1) is 0 Å². The second-order valence-corrected chi connectivity index (χ2v) is 7.02. The summed E-state index contributed by atoms with van der Waals surface area (Å²) in [5.74, 6) is -3.48. The van der Waals surface area contributed by atoms with Crippen LogP contribution in [0.3, 0.4) is 0 Å². The Balaban J connectivity index is 1.81. The van der Waals surface area contributed by atoms with E-state index in [-0.39, 0.29) is 29.5 Å². The van der Waals surface area contributed by atoms with Gasteiger partial charge >= 0.3 is 11.9 Å². The van der Waals surface area contributed by atoms with Crippen LogP contribution in [0.25, 0.3) is 0 Å². The third-order valence-corrected chi connectivity index (χ3v) is 5.59. The molecule has 0 spiro atoms. The lowest BCUT2D eigenvalue weighted by Gasteiger charge is -2.29. The van der Waals surface area contributed by atoms with Crippen LogP contribution in [0.4, 0.5) is 5.69 Å². The highest BCUT2D eigenvalue weighted by Gasteiger charge is 2.55. The predicted octanol–water partition coefficient (Wildman–Crippen LogP) is 1.38. The van der Waals surface area contributed by atoms with Crippen molar-refractivity contribution < 1.29 is 28.7 Å². The fraction of sp³-hybridized carbons (Fsp3) is 0.350. The maximum atomic E-state index is 13.1. The zero-order valence-corrected chi connectivity index (χ0v) is 16.1. The van der Waals surface area contributed by atoms with Gasteiger partial charge in [-0.3, -0.25) is 14.3 Å². The number of fused-ring (bicyclic) bond motifs is 2. The summed E-state index contributed by atoms with van der Waals surface area (Å²) in [4.78, 5) is 52.0. The van der Waals surface area contributed by atoms with Crippen LogP contribution in [0.5, 0.6) is 0 Å². The van der Waals surface area contributed by atoms with E-state index in [1.807, 2.05) is 0 Å². The molecule has 1 aromatic carbocycles. The molecule has 0 N–H and O–H groups in total. The number of para-hydroxylation sites is 1. The van der Waals surface area contributed by atoms with E-state index in [1.165, 1.54) is 23.8 Å². The fourth-order valence-electron chi connectivity index (χ4n) is 4.26. The van der Waals surface area contributed by atoms with Gasteiger partial charge in [0.05, 0.1) is 43.5 Å². The van der Waals surface area contributed by atoms with Gasteiger partial charge in [-0.1, -0.05) is 18.2 Å². The average molecular weight is 397 g/mol. The smallest absolute Gasteiger partial charge is 0.359 e. The van der Waals surface area contributed by atoms with Gasteiger partial charge in [-0.25, -0.2) is 14.5 Å². The van der Waals surface area contributed by atoms with Crippen molar-refractivity contribution in [3.63, 3.8) is 0 Å². The Bertz CT molecular complexity index is 1030. The molecule has 2 aliphatic rings. The summed E-state index contributed by atoms with van der Waals surface area (Å²) in [7, 11) is 2.38. The summed E-state index contributed by atoms with van der Waals surface area (Å²) in [6.45, 7) is 1.75. The lowest BCUT2D eigenvalue weighted by molar-refractivity contribution is -0.122. The Labute approximate surface area is 166 Å². The molecular formula is C20H19N3O6. The van der Waals surface area contributed by atoms with E-state index in [0.29, 0.717) is 11.4 Å². The third kappa shape index (κ3) is 2.65. The number of carbonyl (C=O) groups excluding carboxylic acids is 4. The minimum absolute atomic E-state index is 0.0249. The molecule has 2 amide bonds. The maximum absolute atomic E-state index is 13.1. The Morgan fingerprint density at radius 1 is 1.03 bits per heavy atom. The highest BCUT2D eigenvalue weighted by Crippen LogP contribution is 2.44. The number of hydrogen-bond donors (Lipinski definition) is 0. The van der Waals surface area contributed by atoms with E-state index in [0.717, 1.165) is 0 Å². The summed E-state index contributed by atoms with van der Waals surface area (Å²) in [6, 6.07) is 8.18. The third-order valence-electron chi connectivity index (χ3n) is 5.59. The fourth-order valence-corrected chi connectivity index (χ4v) is 4.26. The average Bonchev–Trinajstić information content (AvgIpc) is 3.24. The molecule has 0 bridgehead atoms. The molecule has 0 saturated carbocycles. The largest absolute Gasteiger partial charge is 0.465 e. The second-order valence-electron chi connectivity index (χ2n) is 7.02. The quantitative estimate of drug-likeness (QED) is 0.569. The van der Waals surface area contributed by atoms with Gasteiger partial charge < -0.3 is 9.47 Å². The lowest BCUT2D eigenvalue weighted by atomic mass is 9.81. The molecule has 0 unspecified atom stereocenters. The molecule has 1 aromatic heterocycles. The van der Waals surface area contributed by atoms with E-state index >= 15 is 0 Å². The monoisotopic (exact) mass is 397 g/mol. The first-order valence-corrected chi connectivity index (χ1v) is 9.11. The highest BCUT2D eigenvalue weighted by atomic mass is 16.5. The number of imide groups is 1. The van der Waals surface area contributed by atoms with Crippen molar-refractivity contribution in [3.05, 3.63) is 47.3 Å². The van der Waals surface area contributed by atoms with Crippen molar-refractivity contribution in [2.45, 2.75) is 19.4 Å². The van der Waals surface area contributed by atoms with Crippen molar-refractivity contribution in [2.75, 3.05) is 19.1 Å². The van der Waals surface area contributed by atoms with Gasteiger partial charge in [-0.05, 0) is 19.1 Å². The Morgan fingerprint density at radius 3 is 2.31 bits per heavy atom. The van der Waals surface area contributed by atoms with E-state index in [4.69, 9.17) is 9.47 Å². The van der Waals surface area contributed by atoms with Gasteiger partial charge in [-0.2, -0.15) is 5.10 Å². The second kappa shape index (κ2) is 6.84. The summed E-state index contributed by atoms with van der Waals surface area (Å²) < 4.78 is 11.0. The summed E-state index contributed by atoms with van der Waals surface area (Å²) in [5, 5.41) is 4.25. The van der Waals surface area contributed by atoms with Crippen LogP contribution in [0.1, 0.15) is 39.5 Å². The number of rotatable bonds is 3. The van der Waals surface area contributed by atoms with E-state index in [9.17, 15) is 19.2 Å². The molecular weight excluding hydrogens is 378 g/mol. The minimum atomic E-state index is -0.784. The minimum Gasteiger partial charge on any atom is -0.465 e. The van der Waals surface area contributed by atoms with Gasteiger partial charge in [0.15, 0.2) is 5.69 Å². The van der Waals surface area contributed by atoms with Crippen LogP contribution in [0.15, 0.2) is 30.3 Å². The van der Waals surface area contributed by atoms with Crippen LogP contribution in [-0.4, -0.2) is 47.8 Å². The Hall–Kier alpha value is -3.49. The molecule has 1 fully saturated rings. The first-order valence-electron chi connectivity index (χ1n) is 9.11. The first-order chi connectivity index (χ1) is 13.9. The van der Waals surface area contributed by atoms with Crippen molar-refractivity contribution in [1.29, 1.82) is 0 Å². The number of methoxy groups -OCH3 is 2. The van der Waals surface area contributed by atoms with Gasteiger partial charge in [0.1, 0.15) is 5.56 Å². The van der Waals surface area contributed by atoms with E-state index < -0.39 is 29.8 Å². The van der Waals surface area contributed by atoms with Crippen molar-refractivity contribution >= 4 is 29.4 Å². The van der Waals surface area contributed by atoms with Crippen molar-refractivity contribution in [3.8, 4) is 0 Å². The molecule has 0 aliphatic carbocycles. The summed E-state index contributed by atoms with van der Waals surface area (Å²) >= 11 is 0. The number of esters is 2. The number of nitrogens with zero attached hydrogens (tertiary/aromatic N) is 3. The van der Waals surface area contributed by atoms with Crippen LogP contribution in [0.2, 0.25) is 0 Å².